The first-order valence-electron chi connectivity index (χ1n) is 9.27. The van der Waals surface area contributed by atoms with E-state index in [1.54, 1.807) is 12.1 Å². The zero-order valence-electron chi connectivity index (χ0n) is 15.1. The summed E-state index contributed by atoms with van der Waals surface area (Å²) in [6.07, 6.45) is 3.00. The lowest BCUT2D eigenvalue weighted by Crippen LogP contribution is -2.29. The molecule has 4 aromatic rings. The van der Waals surface area contributed by atoms with Crippen LogP contribution < -0.4 is 5.73 Å². The molecule has 4 N–H and O–H groups in total. The summed E-state index contributed by atoms with van der Waals surface area (Å²) < 4.78 is 5.31. The van der Waals surface area contributed by atoms with E-state index in [4.69, 9.17) is 15.5 Å². The molecule has 0 saturated carbocycles. The maximum Gasteiger partial charge on any atom is 0.404 e. The van der Waals surface area contributed by atoms with Crippen molar-refractivity contribution in [1.29, 1.82) is 0 Å². The van der Waals surface area contributed by atoms with Gasteiger partial charge in [-0.2, -0.15) is 0 Å². The van der Waals surface area contributed by atoms with E-state index in [1.165, 1.54) is 5.56 Å². The molecular weight excluding hydrogens is 354 g/mol. The normalized spacial score (nSPS) is 16.2. The second kappa shape index (κ2) is 6.27. The Bertz CT molecular complexity index is 1210. The number of benzene rings is 2. The molecule has 0 saturated heterocycles. The summed E-state index contributed by atoms with van der Waals surface area (Å²) in [5, 5.41) is 11.9. The summed E-state index contributed by atoms with van der Waals surface area (Å²) in [6, 6.07) is 13.2. The van der Waals surface area contributed by atoms with E-state index in [2.05, 4.69) is 11.1 Å². The number of H-pyrrole nitrogens is 1. The van der Waals surface area contributed by atoms with Gasteiger partial charge in [0, 0.05) is 34.5 Å². The van der Waals surface area contributed by atoms with Crippen molar-refractivity contribution in [3.8, 4) is 17.0 Å². The van der Waals surface area contributed by atoms with Crippen LogP contribution in [0, 0.1) is 0 Å². The van der Waals surface area contributed by atoms with E-state index >= 15 is 0 Å². The third kappa shape index (κ3) is 2.65. The highest BCUT2D eigenvalue weighted by Gasteiger charge is 2.27. The van der Waals surface area contributed by atoms with E-state index in [-0.39, 0.29) is 11.9 Å². The summed E-state index contributed by atoms with van der Waals surface area (Å²) in [6.45, 7) is 0. The largest absolute Gasteiger partial charge is 0.508 e. The number of amides is 1. The van der Waals surface area contributed by atoms with Crippen molar-refractivity contribution in [2.45, 2.75) is 25.4 Å². The lowest BCUT2D eigenvalue weighted by molar-refractivity contribution is 0.0981. The molecule has 1 aliphatic rings. The lowest BCUT2D eigenvalue weighted by atomic mass is 9.84. The van der Waals surface area contributed by atoms with Crippen molar-refractivity contribution in [2.75, 3.05) is 0 Å². The fourth-order valence-corrected chi connectivity index (χ4v) is 4.27. The molecule has 140 valence electrons. The molecule has 2 aromatic carbocycles. The number of carbonyl (C=O) groups is 1. The van der Waals surface area contributed by atoms with Gasteiger partial charge in [0.05, 0.1) is 11.2 Å². The van der Waals surface area contributed by atoms with Crippen LogP contribution in [0.5, 0.6) is 5.75 Å². The van der Waals surface area contributed by atoms with Gasteiger partial charge in [-0.05, 0) is 66.4 Å². The molecule has 5 rings (SSSR count). The number of aromatic hydroxyl groups is 1. The number of aryl methyl sites for hydroxylation is 1. The highest BCUT2D eigenvalue weighted by atomic mass is 16.6. The van der Waals surface area contributed by atoms with Crippen LogP contribution in [0.3, 0.4) is 0 Å². The fourth-order valence-electron chi connectivity index (χ4n) is 4.27. The minimum atomic E-state index is -0.749. The Kier molecular flexibility index (Phi) is 3.72. The first-order chi connectivity index (χ1) is 13.6. The molecule has 2 heterocycles. The van der Waals surface area contributed by atoms with Gasteiger partial charge in [-0.15, -0.1) is 0 Å². The van der Waals surface area contributed by atoms with E-state index in [1.807, 2.05) is 30.5 Å². The summed E-state index contributed by atoms with van der Waals surface area (Å²) >= 11 is 0. The molecule has 28 heavy (non-hydrogen) atoms. The maximum absolute atomic E-state index is 11.3. The lowest BCUT2D eigenvalue weighted by Gasteiger charge is -2.27. The number of hydrogen-bond donors (Lipinski definition) is 3. The van der Waals surface area contributed by atoms with Crippen molar-refractivity contribution in [1.82, 2.24) is 9.97 Å². The standard InChI is InChI=1S/C22H19N3O3/c23-22(27)28-14-5-6-15-17(11-14)21(12-1-3-13(26)4-2-12)25-19-8-7-18-16(20(15)19)9-10-24-18/h1-4,7-10,14,24,26H,5-6,11H2,(H2,23,27). The quantitative estimate of drug-likeness (QED) is 0.493. The Labute approximate surface area is 161 Å². The predicted octanol–water partition coefficient (Wildman–Crippen LogP) is 4.04. The number of fused-ring (bicyclic) bond motifs is 5. The first-order valence-corrected chi connectivity index (χ1v) is 9.27. The molecular formula is C22H19N3O3. The van der Waals surface area contributed by atoms with Crippen molar-refractivity contribution in [3.63, 3.8) is 0 Å². The summed E-state index contributed by atoms with van der Waals surface area (Å²) in [5.74, 6) is 0.211. The number of phenols is 1. The predicted molar refractivity (Wildman–Crippen MR) is 107 cm³/mol. The van der Waals surface area contributed by atoms with Gasteiger partial charge in [0.1, 0.15) is 11.9 Å². The number of aromatic amines is 1. The summed E-state index contributed by atoms with van der Waals surface area (Å²) in [7, 11) is 0. The minimum Gasteiger partial charge on any atom is -0.508 e. The molecule has 6 heteroatoms. The Hall–Kier alpha value is -3.54. The Balaban J connectivity index is 1.78. The number of primary amides is 1. The van der Waals surface area contributed by atoms with Crippen LogP contribution in [-0.4, -0.2) is 27.3 Å². The number of ether oxygens (including phenoxy) is 1. The Morgan fingerprint density at radius 1 is 1.14 bits per heavy atom. The zero-order valence-corrected chi connectivity index (χ0v) is 15.1. The number of pyridine rings is 1. The molecule has 0 radical (unpaired) electrons. The smallest absolute Gasteiger partial charge is 0.404 e. The number of nitrogens with two attached hydrogens (primary N) is 1. The average molecular weight is 373 g/mol. The van der Waals surface area contributed by atoms with Crippen LogP contribution in [0.15, 0.2) is 48.7 Å². The van der Waals surface area contributed by atoms with Crippen molar-refractivity contribution in [3.05, 3.63) is 59.8 Å². The minimum absolute atomic E-state index is 0.211. The van der Waals surface area contributed by atoms with E-state index in [0.29, 0.717) is 6.42 Å². The molecule has 0 bridgehead atoms. The fraction of sp³-hybridized carbons (Fsp3) is 0.182. The van der Waals surface area contributed by atoms with E-state index in [9.17, 15) is 9.90 Å². The van der Waals surface area contributed by atoms with Gasteiger partial charge in [-0.25, -0.2) is 9.78 Å². The Morgan fingerprint density at radius 3 is 2.75 bits per heavy atom. The van der Waals surface area contributed by atoms with Crippen LogP contribution in [0.25, 0.3) is 33.1 Å². The number of carbonyl (C=O) groups excluding carboxylic acids is 1. The highest BCUT2D eigenvalue weighted by molar-refractivity contribution is 6.08. The number of rotatable bonds is 2. The van der Waals surface area contributed by atoms with E-state index < -0.39 is 6.09 Å². The number of hydrogen-bond acceptors (Lipinski definition) is 4. The molecule has 1 atom stereocenters. The third-order valence-electron chi connectivity index (χ3n) is 5.47. The molecule has 2 aromatic heterocycles. The molecule has 0 spiro atoms. The SMILES string of the molecule is NC(=O)OC1CCc2c(c(-c3ccc(O)cc3)nc3ccc4[nH]ccc4c23)C1. The molecule has 0 aliphatic heterocycles. The Morgan fingerprint density at radius 2 is 1.96 bits per heavy atom. The van der Waals surface area contributed by atoms with Gasteiger partial charge in [0.25, 0.3) is 0 Å². The zero-order chi connectivity index (χ0) is 19.3. The van der Waals surface area contributed by atoms with Gasteiger partial charge in [-0.1, -0.05) is 0 Å². The van der Waals surface area contributed by atoms with Crippen LogP contribution in [0.4, 0.5) is 4.79 Å². The second-order valence-corrected chi connectivity index (χ2v) is 7.16. The molecule has 1 aliphatic carbocycles. The number of nitrogens with zero attached hydrogens (tertiary/aromatic N) is 1. The second-order valence-electron chi connectivity index (χ2n) is 7.16. The van der Waals surface area contributed by atoms with Gasteiger partial charge in [-0.3, -0.25) is 0 Å². The van der Waals surface area contributed by atoms with Crippen LogP contribution in [0.1, 0.15) is 17.5 Å². The number of phenolic OH excluding ortho intramolecular Hbond substituents is 1. The first kappa shape index (κ1) is 16.6. The van der Waals surface area contributed by atoms with Gasteiger partial charge in [0.15, 0.2) is 0 Å². The summed E-state index contributed by atoms with van der Waals surface area (Å²) in [5.41, 5.74) is 11.3. The van der Waals surface area contributed by atoms with E-state index in [0.717, 1.165) is 51.5 Å². The monoisotopic (exact) mass is 373 g/mol. The third-order valence-corrected chi connectivity index (χ3v) is 5.47. The van der Waals surface area contributed by atoms with Crippen molar-refractivity contribution < 1.29 is 14.6 Å². The topological polar surface area (TPSA) is 101 Å². The van der Waals surface area contributed by atoms with Crippen molar-refractivity contribution >= 4 is 27.9 Å². The molecule has 1 amide bonds. The maximum atomic E-state index is 11.3. The molecule has 6 nitrogen and oxygen atoms in total. The van der Waals surface area contributed by atoms with Crippen LogP contribution in [-0.2, 0) is 17.6 Å². The number of aromatic nitrogens is 2. The van der Waals surface area contributed by atoms with Crippen LogP contribution >= 0.6 is 0 Å². The van der Waals surface area contributed by atoms with Gasteiger partial charge >= 0.3 is 6.09 Å². The average Bonchev–Trinajstić information content (AvgIpc) is 3.16. The molecule has 1 unspecified atom stereocenters. The number of nitrogens with one attached hydrogen (secondary N) is 1. The van der Waals surface area contributed by atoms with Gasteiger partial charge < -0.3 is 20.6 Å². The van der Waals surface area contributed by atoms with Crippen molar-refractivity contribution in [2.24, 2.45) is 5.73 Å². The molecule has 0 fully saturated rings. The highest BCUT2D eigenvalue weighted by Crippen LogP contribution is 2.38. The van der Waals surface area contributed by atoms with Gasteiger partial charge in [0.2, 0.25) is 0 Å². The van der Waals surface area contributed by atoms with Crippen LogP contribution in [0.2, 0.25) is 0 Å². The summed E-state index contributed by atoms with van der Waals surface area (Å²) in [4.78, 5) is 19.5.